The van der Waals surface area contributed by atoms with Crippen LogP contribution in [0.4, 0.5) is 0 Å². The summed E-state index contributed by atoms with van der Waals surface area (Å²) in [6, 6.07) is 0.687. The van der Waals surface area contributed by atoms with E-state index < -0.39 is 0 Å². The fourth-order valence-corrected chi connectivity index (χ4v) is 1.75. The Kier molecular flexibility index (Phi) is 1.57. The van der Waals surface area contributed by atoms with Gasteiger partial charge in [0, 0.05) is 19.1 Å². The summed E-state index contributed by atoms with van der Waals surface area (Å²) < 4.78 is 0. The van der Waals surface area contributed by atoms with Gasteiger partial charge in [-0.1, -0.05) is 19.1 Å². The quantitative estimate of drug-likeness (QED) is 0.546. The zero-order valence-corrected chi connectivity index (χ0v) is 7.51. The number of hydrogen-bond donors (Lipinski definition) is 0. The Bertz CT molecular complexity index is 179. The molecule has 11 heavy (non-hydrogen) atoms. The Hall–Kier alpha value is -0.300. The molecule has 1 saturated carbocycles. The smallest absolute Gasteiger partial charge is 0.0253 e. The molecule has 0 aromatic carbocycles. The lowest BCUT2D eigenvalue weighted by atomic mass is 10.1. The van der Waals surface area contributed by atoms with Crippen LogP contribution in [0.3, 0.4) is 0 Å². The summed E-state index contributed by atoms with van der Waals surface area (Å²) >= 11 is 0. The van der Waals surface area contributed by atoms with Crippen LogP contribution in [-0.4, -0.2) is 24.0 Å². The summed E-state index contributed by atoms with van der Waals surface area (Å²) in [5.74, 6) is 0. The molecule has 1 heterocycles. The van der Waals surface area contributed by atoms with Crippen molar-refractivity contribution in [3.05, 3.63) is 12.2 Å². The van der Waals surface area contributed by atoms with Gasteiger partial charge in [0.05, 0.1) is 0 Å². The van der Waals surface area contributed by atoms with E-state index in [-0.39, 0.29) is 0 Å². The molecule has 0 aromatic heterocycles. The third-order valence-electron chi connectivity index (χ3n) is 3.02. The van der Waals surface area contributed by atoms with Crippen LogP contribution in [0.1, 0.15) is 26.7 Å². The molecule has 1 heteroatoms. The zero-order valence-electron chi connectivity index (χ0n) is 7.51. The predicted molar refractivity (Wildman–Crippen MR) is 47.5 cm³/mol. The van der Waals surface area contributed by atoms with Crippen LogP contribution in [0.2, 0.25) is 0 Å². The summed E-state index contributed by atoms with van der Waals surface area (Å²) in [7, 11) is 0. The second kappa shape index (κ2) is 2.34. The van der Waals surface area contributed by atoms with Crippen molar-refractivity contribution in [2.75, 3.05) is 13.1 Å². The minimum atomic E-state index is 0.681. The standard InChI is InChI=1S/C10H17N/c1-9-4-3-7-11(9)8-10(2)5-6-10/h3-4,9H,5-8H2,1-2H3. The molecule has 2 aliphatic rings. The highest BCUT2D eigenvalue weighted by atomic mass is 15.2. The van der Waals surface area contributed by atoms with Gasteiger partial charge in [0.15, 0.2) is 0 Å². The monoisotopic (exact) mass is 151 g/mol. The summed E-state index contributed by atoms with van der Waals surface area (Å²) in [4.78, 5) is 2.56. The summed E-state index contributed by atoms with van der Waals surface area (Å²) in [5.41, 5.74) is 0.681. The molecular formula is C10H17N. The van der Waals surface area contributed by atoms with Crippen molar-refractivity contribution in [3.63, 3.8) is 0 Å². The molecule has 0 aromatic rings. The number of rotatable bonds is 2. The van der Waals surface area contributed by atoms with Crippen LogP contribution >= 0.6 is 0 Å². The van der Waals surface area contributed by atoms with E-state index in [4.69, 9.17) is 0 Å². The largest absolute Gasteiger partial charge is 0.293 e. The minimum absolute atomic E-state index is 0.681. The average Bonchev–Trinajstić information content (AvgIpc) is 2.54. The molecule has 1 aliphatic heterocycles. The van der Waals surface area contributed by atoms with Crippen LogP contribution in [0, 0.1) is 5.41 Å². The lowest BCUT2D eigenvalue weighted by Crippen LogP contribution is -2.32. The lowest BCUT2D eigenvalue weighted by Gasteiger charge is -2.24. The fourth-order valence-electron chi connectivity index (χ4n) is 1.75. The second-order valence-corrected chi connectivity index (χ2v) is 4.41. The first-order chi connectivity index (χ1) is 5.20. The van der Waals surface area contributed by atoms with Crippen molar-refractivity contribution in [1.82, 2.24) is 4.90 Å². The van der Waals surface area contributed by atoms with Gasteiger partial charge < -0.3 is 0 Å². The molecule has 0 spiro atoms. The third kappa shape index (κ3) is 1.48. The van der Waals surface area contributed by atoms with Gasteiger partial charge in [0.1, 0.15) is 0 Å². The van der Waals surface area contributed by atoms with E-state index in [9.17, 15) is 0 Å². The molecule has 1 nitrogen and oxygen atoms in total. The molecule has 2 rings (SSSR count). The van der Waals surface area contributed by atoms with Crippen molar-refractivity contribution >= 4 is 0 Å². The van der Waals surface area contributed by atoms with Gasteiger partial charge in [-0.2, -0.15) is 0 Å². The Labute approximate surface area is 69.1 Å². The molecule has 0 radical (unpaired) electrons. The first-order valence-electron chi connectivity index (χ1n) is 4.60. The summed E-state index contributed by atoms with van der Waals surface area (Å²) in [6.07, 6.45) is 7.48. The van der Waals surface area contributed by atoms with Gasteiger partial charge in [0.25, 0.3) is 0 Å². The second-order valence-electron chi connectivity index (χ2n) is 4.41. The minimum Gasteiger partial charge on any atom is -0.293 e. The first kappa shape index (κ1) is 7.35. The fraction of sp³-hybridized carbons (Fsp3) is 0.800. The zero-order chi connectivity index (χ0) is 7.90. The normalized spacial score (nSPS) is 34.5. The maximum Gasteiger partial charge on any atom is 0.0253 e. The average molecular weight is 151 g/mol. The van der Waals surface area contributed by atoms with Gasteiger partial charge in [0.2, 0.25) is 0 Å². The van der Waals surface area contributed by atoms with Crippen molar-refractivity contribution in [3.8, 4) is 0 Å². The highest BCUT2D eigenvalue weighted by Gasteiger charge is 2.39. The Balaban J connectivity index is 1.87. The van der Waals surface area contributed by atoms with Crippen molar-refractivity contribution in [2.24, 2.45) is 5.41 Å². The Morgan fingerprint density at radius 1 is 1.55 bits per heavy atom. The highest BCUT2D eigenvalue weighted by Crippen LogP contribution is 2.45. The van der Waals surface area contributed by atoms with Crippen LogP contribution < -0.4 is 0 Å². The van der Waals surface area contributed by atoms with E-state index in [1.54, 1.807) is 0 Å². The summed E-state index contributed by atoms with van der Waals surface area (Å²) in [5, 5.41) is 0. The summed E-state index contributed by atoms with van der Waals surface area (Å²) in [6.45, 7) is 7.17. The third-order valence-corrected chi connectivity index (χ3v) is 3.02. The van der Waals surface area contributed by atoms with E-state index in [0.717, 1.165) is 0 Å². The first-order valence-corrected chi connectivity index (χ1v) is 4.60. The van der Waals surface area contributed by atoms with E-state index in [1.807, 2.05) is 0 Å². The van der Waals surface area contributed by atoms with Crippen molar-refractivity contribution < 1.29 is 0 Å². The van der Waals surface area contributed by atoms with Crippen LogP contribution in [0.15, 0.2) is 12.2 Å². The predicted octanol–water partition coefficient (Wildman–Crippen LogP) is 2.05. The molecule has 1 unspecified atom stereocenters. The van der Waals surface area contributed by atoms with E-state index >= 15 is 0 Å². The maximum atomic E-state index is 2.56. The van der Waals surface area contributed by atoms with Gasteiger partial charge in [-0.25, -0.2) is 0 Å². The van der Waals surface area contributed by atoms with E-state index in [2.05, 4.69) is 30.9 Å². The SMILES string of the molecule is CC1C=CCN1CC1(C)CC1. The van der Waals surface area contributed by atoms with Crippen LogP contribution in [-0.2, 0) is 0 Å². The molecule has 0 bridgehead atoms. The van der Waals surface area contributed by atoms with Gasteiger partial charge in [-0.3, -0.25) is 4.90 Å². The Morgan fingerprint density at radius 3 is 2.73 bits per heavy atom. The van der Waals surface area contributed by atoms with Crippen molar-refractivity contribution in [2.45, 2.75) is 32.7 Å². The van der Waals surface area contributed by atoms with Gasteiger partial charge in [-0.05, 0) is 25.2 Å². The van der Waals surface area contributed by atoms with Crippen molar-refractivity contribution in [1.29, 1.82) is 0 Å². The maximum absolute atomic E-state index is 2.56. The number of nitrogens with zero attached hydrogens (tertiary/aromatic N) is 1. The topological polar surface area (TPSA) is 3.24 Å². The van der Waals surface area contributed by atoms with Gasteiger partial charge >= 0.3 is 0 Å². The van der Waals surface area contributed by atoms with Crippen LogP contribution in [0.5, 0.6) is 0 Å². The molecule has 1 aliphatic carbocycles. The lowest BCUT2D eigenvalue weighted by molar-refractivity contribution is 0.236. The molecule has 0 N–H and O–H groups in total. The Morgan fingerprint density at radius 2 is 2.27 bits per heavy atom. The number of hydrogen-bond acceptors (Lipinski definition) is 1. The van der Waals surface area contributed by atoms with Crippen LogP contribution in [0.25, 0.3) is 0 Å². The molecular weight excluding hydrogens is 134 g/mol. The molecule has 1 fully saturated rings. The highest BCUT2D eigenvalue weighted by molar-refractivity contribution is 5.04. The molecule has 0 saturated heterocycles. The molecule has 0 amide bonds. The molecule has 1 atom stereocenters. The molecule has 62 valence electrons. The van der Waals surface area contributed by atoms with E-state index in [1.165, 1.54) is 25.9 Å². The van der Waals surface area contributed by atoms with E-state index in [0.29, 0.717) is 11.5 Å². The van der Waals surface area contributed by atoms with Gasteiger partial charge in [-0.15, -0.1) is 0 Å².